The van der Waals surface area contributed by atoms with Crippen molar-refractivity contribution < 1.29 is 18.7 Å². The molecule has 2 heterocycles. The van der Waals surface area contributed by atoms with Gasteiger partial charge >= 0.3 is 11.6 Å². The summed E-state index contributed by atoms with van der Waals surface area (Å²) in [6, 6.07) is 8.58. The Morgan fingerprint density at radius 1 is 1.30 bits per heavy atom. The molecule has 1 amide bonds. The SMILES string of the molecule is COC(=O)C1CCCN(C(=O)c2cc3ccccc3oc2=O)C1. The molecule has 0 N–H and O–H groups in total. The third-order valence-corrected chi connectivity index (χ3v) is 4.11. The summed E-state index contributed by atoms with van der Waals surface area (Å²) < 4.78 is 9.95. The van der Waals surface area contributed by atoms with Crippen LogP contribution >= 0.6 is 0 Å². The van der Waals surface area contributed by atoms with Gasteiger partial charge in [-0.1, -0.05) is 18.2 Å². The molecule has 120 valence electrons. The Morgan fingerprint density at radius 2 is 2.09 bits per heavy atom. The normalized spacial score (nSPS) is 18.0. The molecule has 0 aliphatic carbocycles. The molecule has 1 aliphatic heterocycles. The fraction of sp³-hybridized carbons (Fsp3) is 0.353. The maximum absolute atomic E-state index is 12.6. The van der Waals surface area contributed by atoms with E-state index >= 15 is 0 Å². The number of para-hydroxylation sites is 1. The van der Waals surface area contributed by atoms with Crippen LogP contribution in [0.25, 0.3) is 11.0 Å². The van der Waals surface area contributed by atoms with E-state index in [-0.39, 0.29) is 24.0 Å². The third kappa shape index (κ3) is 2.97. The first-order chi connectivity index (χ1) is 11.1. The standard InChI is InChI=1S/C17H17NO5/c1-22-16(20)12-6-4-8-18(10-12)15(19)13-9-11-5-2-3-7-14(11)23-17(13)21/h2-3,5,7,9,12H,4,6,8,10H2,1H3. The lowest BCUT2D eigenvalue weighted by Gasteiger charge is -2.31. The van der Waals surface area contributed by atoms with Gasteiger partial charge in [-0.05, 0) is 25.0 Å². The molecule has 1 unspecified atom stereocenters. The number of likely N-dealkylation sites (tertiary alicyclic amines) is 1. The van der Waals surface area contributed by atoms with Gasteiger partial charge in [-0.2, -0.15) is 0 Å². The van der Waals surface area contributed by atoms with Crippen LogP contribution in [0.5, 0.6) is 0 Å². The van der Waals surface area contributed by atoms with Crippen LogP contribution in [0.1, 0.15) is 23.2 Å². The van der Waals surface area contributed by atoms with Gasteiger partial charge in [-0.15, -0.1) is 0 Å². The molecular weight excluding hydrogens is 298 g/mol. The van der Waals surface area contributed by atoms with Crippen LogP contribution in [0.15, 0.2) is 39.5 Å². The number of methoxy groups -OCH3 is 1. The van der Waals surface area contributed by atoms with Gasteiger partial charge < -0.3 is 14.1 Å². The first-order valence-corrected chi connectivity index (χ1v) is 7.50. The highest BCUT2D eigenvalue weighted by Crippen LogP contribution is 2.20. The number of esters is 1. The molecule has 6 heteroatoms. The molecule has 0 bridgehead atoms. The van der Waals surface area contributed by atoms with E-state index in [0.29, 0.717) is 30.4 Å². The quantitative estimate of drug-likeness (QED) is 0.624. The van der Waals surface area contributed by atoms with Gasteiger partial charge in [0.2, 0.25) is 0 Å². The van der Waals surface area contributed by atoms with Crippen molar-refractivity contribution in [2.75, 3.05) is 20.2 Å². The maximum Gasteiger partial charge on any atom is 0.349 e. The molecule has 1 fully saturated rings. The molecule has 0 radical (unpaired) electrons. The zero-order chi connectivity index (χ0) is 16.4. The summed E-state index contributed by atoms with van der Waals surface area (Å²) in [5.41, 5.74) is -0.219. The second-order valence-electron chi connectivity index (χ2n) is 5.60. The lowest BCUT2D eigenvalue weighted by Crippen LogP contribution is -2.43. The smallest absolute Gasteiger partial charge is 0.349 e. The monoisotopic (exact) mass is 315 g/mol. The fourth-order valence-corrected chi connectivity index (χ4v) is 2.90. The average molecular weight is 315 g/mol. The minimum Gasteiger partial charge on any atom is -0.469 e. The minimum atomic E-state index is -0.658. The number of rotatable bonds is 2. The van der Waals surface area contributed by atoms with Gasteiger partial charge in [0.1, 0.15) is 11.1 Å². The number of carbonyl (C=O) groups excluding carboxylic acids is 2. The molecule has 0 saturated carbocycles. The van der Waals surface area contributed by atoms with Crippen LogP contribution in [-0.2, 0) is 9.53 Å². The predicted octanol–water partition coefficient (Wildman–Crippen LogP) is 1.82. The second kappa shape index (κ2) is 6.24. The first kappa shape index (κ1) is 15.3. The molecule has 23 heavy (non-hydrogen) atoms. The van der Waals surface area contributed by atoms with Gasteiger partial charge in [0, 0.05) is 18.5 Å². The van der Waals surface area contributed by atoms with Crippen LogP contribution in [0, 0.1) is 5.92 Å². The summed E-state index contributed by atoms with van der Waals surface area (Å²) in [6.45, 7) is 0.774. The minimum absolute atomic E-state index is 0.00536. The predicted molar refractivity (Wildman–Crippen MR) is 83.1 cm³/mol. The molecule has 6 nitrogen and oxygen atoms in total. The van der Waals surface area contributed by atoms with Crippen LogP contribution < -0.4 is 5.63 Å². The van der Waals surface area contributed by atoms with Crippen molar-refractivity contribution >= 4 is 22.8 Å². The van der Waals surface area contributed by atoms with Crippen molar-refractivity contribution in [3.05, 3.63) is 46.3 Å². The molecule has 1 atom stereocenters. The molecular formula is C17H17NO5. The maximum atomic E-state index is 12.6. The van der Waals surface area contributed by atoms with Crippen LogP contribution in [-0.4, -0.2) is 37.0 Å². The van der Waals surface area contributed by atoms with Crippen LogP contribution in [0.2, 0.25) is 0 Å². The van der Waals surface area contributed by atoms with Gasteiger partial charge in [0.05, 0.1) is 13.0 Å². The van der Waals surface area contributed by atoms with E-state index in [1.54, 1.807) is 24.3 Å². The topological polar surface area (TPSA) is 76.8 Å². The number of nitrogens with zero attached hydrogens (tertiary/aromatic N) is 1. The molecule has 1 aliphatic rings. The Bertz CT molecular complexity index is 810. The Morgan fingerprint density at radius 3 is 2.87 bits per heavy atom. The Hall–Kier alpha value is -2.63. The number of amides is 1. The van der Waals surface area contributed by atoms with E-state index in [1.165, 1.54) is 12.0 Å². The van der Waals surface area contributed by atoms with Crippen LogP contribution in [0.4, 0.5) is 0 Å². The summed E-state index contributed by atoms with van der Waals surface area (Å²) >= 11 is 0. The molecule has 1 saturated heterocycles. The first-order valence-electron chi connectivity index (χ1n) is 7.50. The van der Waals surface area contributed by atoms with E-state index in [9.17, 15) is 14.4 Å². The van der Waals surface area contributed by atoms with Gasteiger partial charge in [-0.25, -0.2) is 4.79 Å². The number of fused-ring (bicyclic) bond motifs is 1. The van der Waals surface area contributed by atoms with Crippen LogP contribution in [0.3, 0.4) is 0 Å². The van der Waals surface area contributed by atoms with E-state index in [0.717, 1.165) is 0 Å². The highest BCUT2D eigenvalue weighted by Gasteiger charge is 2.30. The van der Waals surface area contributed by atoms with Crippen molar-refractivity contribution in [2.24, 2.45) is 5.92 Å². The number of ether oxygens (including phenoxy) is 1. The second-order valence-corrected chi connectivity index (χ2v) is 5.60. The van der Waals surface area contributed by atoms with Crippen molar-refractivity contribution in [2.45, 2.75) is 12.8 Å². The van der Waals surface area contributed by atoms with E-state index in [4.69, 9.17) is 9.15 Å². The van der Waals surface area contributed by atoms with Gasteiger partial charge in [0.25, 0.3) is 5.91 Å². The number of benzene rings is 1. The van der Waals surface area contributed by atoms with Crippen molar-refractivity contribution in [3.8, 4) is 0 Å². The zero-order valence-corrected chi connectivity index (χ0v) is 12.8. The van der Waals surface area contributed by atoms with Crippen molar-refractivity contribution in [3.63, 3.8) is 0 Å². The number of piperidine rings is 1. The Kier molecular flexibility index (Phi) is 4.14. The Balaban J connectivity index is 1.89. The molecule has 3 rings (SSSR count). The lowest BCUT2D eigenvalue weighted by molar-refractivity contribution is -0.146. The summed E-state index contributed by atoms with van der Waals surface area (Å²) in [6.07, 6.45) is 1.38. The highest BCUT2D eigenvalue weighted by molar-refractivity contribution is 5.97. The van der Waals surface area contributed by atoms with Gasteiger partial charge in [-0.3, -0.25) is 9.59 Å². The molecule has 1 aromatic carbocycles. The molecule has 2 aromatic rings. The third-order valence-electron chi connectivity index (χ3n) is 4.11. The van der Waals surface area contributed by atoms with Crippen molar-refractivity contribution in [1.82, 2.24) is 4.90 Å². The summed E-state index contributed by atoms with van der Waals surface area (Å²) in [5.74, 6) is -1.07. The summed E-state index contributed by atoms with van der Waals surface area (Å²) in [4.78, 5) is 37.9. The molecule has 0 spiro atoms. The van der Waals surface area contributed by atoms with E-state index < -0.39 is 11.5 Å². The largest absolute Gasteiger partial charge is 0.469 e. The van der Waals surface area contributed by atoms with Gasteiger partial charge in [0.15, 0.2) is 0 Å². The van der Waals surface area contributed by atoms with E-state index in [1.807, 2.05) is 6.07 Å². The molecule has 1 aromatic heterocycles. The van der Waals surface area contributed by atoms with E-state index in [2.05, 4.69) is 0 Å². The number of carbonyl (C=O) groups is 2. The number of hydrogen-bond acceptors (Lipinski definition) is 5. The summed E-state index contributed by atoms with van der Waals surface area (Å²) in [7, 11) is 1.33. The Labute approximate surface area is 132 Å². The average Bonchev–Trinajstić information content (AvgIpc) is 2.60. The zero-order valence-electron chi connectivity index (χ0n) is 12.8. The highest BCUT2D eigenvalue weighted by atomic mass is 16.5. The number of hydrogen-bond donors (Lipinski definition) is 0. The lowest BCUT2D eigenvalue weighted by atomic mass is 9.97. The fourth-order valence-electron chi connectivity index (χ4n) is 2.90. The summed E-state index contributed by atoms with van der Waals surface area (Å²) in [5, 5.41) is 0.692. The van der Waals surface area contributed by atoms with Crippen molar-refractivity contribution in [1.29, 1.82) is 0 Å².